The molecule has 0 bridgehead atoms. The fourth-order valence-corrected chi connectivity index (χ4v) is 5.62. The molecule has 4 aromatic rings. The van der Waals surface area contributed by atoms with Crippen molar-refractivity contribution < 1.29 is 17.6 Å². The van der Waals surface area contributed by atoms with E-state index in [1.807, 2.05) is 30.2 Å². The molecule has 0 saturated carbocycles. The van der Waals surface area contributed by atoms with E-state index in [1.165, 1.54) is 6.92 Å². The van der Waals surface area contributed by atoms with Gasteiger partial charge in [-0.3, -0.25) is 23.8 Å². The summed E-state index contributed by atoms with van der Waals surface area (Å²) in [5, 5.41) is 0. The molecule has 3 heterocycles. The number of pyridine rings is 1. The van der Waals surface area contributed by atoms with Crippen molar-refractivity contribution in [1.29, 1.82) is 0 Å². The van der Waals surface area contributed by atoms with Gasteiger partial charge in [0.1, 0.15) is 11.5 Å². The molecule has 1 fully saturated rings. The van der Waals surface area contributed by atoms with E-state index in [2.05, 4.69) is 9.88 Å². The van der Waals surface area contributed by atoms with E-state index in [4.69, 9.17) is 5.73 Å². The predicted octanol–water partition coefficient (Wildman–Crippen LogP) is 4.25. The van der Waals surface area contributed by atoms with Gasteiger partial charge in [-0.1, -0.05) is 42.5 Å². The van der Waals surface area contributed by atoms with Gasteiger partial charge in [-0.15, -0.1) is 0 Å². The van der Waals surface area contributed by atoms with Crippen molar-refractivity contribution >= 4 is 5.69 Å². The Bertz CT molecular complexity index is 1730. The number of alkyl halides is 3. The Morgan fingerprint density at radius 2 is 1.59 bits per heavy atom. The van der Waals surface area contributed by atoms with Gasteiger partial charge in [0.25, 0.3) is 5.56 Å². The fraction of sp³-hybridized carbons (Fsp3) is 0.344. The Labute approximate surface area is 252 Å². The number of aromatic nitrogens is 3. The van der Waals surface area contributed by atoms with Crippen LogP contribution in [0.4, 0.5) is 23.2 Å². The number of aryl methyl sites for hydroxylation is 1. The summed E-state index contributed by atoms with van der Waals surface area (Å²) in [5.41, 5.74) is 6.11. The van der Waals surface area contributed by atoms with Gasteiger partial charge in [0.15, 0.2) is 0 Å². The second kappa shape index (κ2) is 12.7. The molecule has 1 atom stereocenters. The van der Waals surface area contributed by atoms with Crippen molar-refractivity contribution in [3.8, 4) is 0 Å². The summed E-state index contributed by atoms with van der Waals surface area (Å²) in [6.45, 7) is 5.25. The number of halogens is 4. The second-order valence-corrected chi connectivity index (χ2v) is 11.1. The largest absolute Gasteiger partial charge is 0.416 e. The van der Waals surface area contributed by atoms with Gasteiger partial charge in [0, 0.05) is 61.9 Å². The SMILES string of the molecule is Cc1ccc(CN2CCN(c3c(C)n(Cc4c(F)cccc4C(F)(F)F)c(=O)n(C[C@@H](N)c4ccccc4)c3=O)CC2)cn1. The van der Waals surface area contributed by atoms with Crippen LogP contribution < -0.4 is 21.9 Å². The molecular formula is C32H34F4N6O2. The molecule has 1 aliphatic heterocycles. The number of rotatable bonds is 8. The van der Waals surface area contributed by atoms with Crippen LogP contribution >= 0.6 is 0 Å². The van der Waals surface area contributed by atoms with E-state index < -0.39 is 47.0 Å². The first kappa shape index (κ1) is 31.1. The highest BCUT2D eigenvalue weighted by Crippen LogP contribution is 2.33. The molecule has 5 rings (SSSR count). The van der Waals surface area contributed by atoms with Crippen LogP contribution in [0.25, 0.3) is 0 Å². The maximum absolute atomic E-state index is 14.9. The Hall–Kier alpha value is -4.29. The first-order valence-electron chi connectivity index (χ1n) is 14.3. The maximum Gasteiger partial charge on any atom is 0.416 e. The lowest BCUT2D eigenvalue weighted by atomic mass is 10.1. The van der Waals surface area contributed by atoms with Crippen molar-refractivity contribution in [3.05, 3.63) is 127 Å². The Morgan fingerprint density at radius 3 is 2.23 bits per heavy atom. The molecule has 0 aliphatic carbocycles. The minimum atomic E-state index is -4.84. The molecule has 8 nitrogen and oxygen atoms in total. The molecule has 0 spiro atoms. The third-order valence-electron chi connectivity index (χ3n) is 8.07. The van der Waals surface area contributed by atoms with Gasteiger partial charge < -0.3 is 10.6 Å². The Kier molecular flexibility index (Phi) is 9.02. The minimum Gasteiger partial charge on any atom is -0.363 e. The van der Waals surface area contributed by atoms with Gasteiger partial charge in [0.05, 0.1) is 18.7 Å². The summed E-state index contributed by atoms with van der Waals surface area (Å²) in [4.78, 5) is 36.2. The first-order valence-corrected chi connectivity index (χ1v) is 14.3. The van der Waals surface area contributed by atoms with Crippen molar-refractivity contribution in [1.82, 2.24) is 19.0 Å². The Morgan fingerprint density at radius 1 is 0.886 bits per heavy atom. The number of benzene rings is 2. The lowest BCUT2D eigenvalue weighted by molar-refractivity contribution is -0.138. The molecule has 2 aromatic heterocycles. The topological polar surface area (TPSA) is 89.4 Å². The molecule has 0 amide bonds. The summed E-state index contributed by atoms with van der Waals surface area (Å²) in [5.74, 6) is -1.09. The minimum absolute atomic E-state index is 0.164. The normalized spacial score (nSPS) is 15.0. The van der Waals surface area contributed by atoms with E-state index in [9.17, 15) is 27.2 Å². The van der Waals surface area contributed by atoms with Gasteiger partial charge >= 0.3 is 11.9 Å². The van der Waals surface area contributed by atoms with Crippen molar-refractivity contribution in [2.75, 3.05) is 31.1 Å². The molecular weight excluding hydrogens is 576 g/mol. The highest BCUT2D eigenvalue weighted by Gasteiger charge is 2.35. The molecule has 12 heteroatoms. The summed E-state index contributed by atoms with van der Waals surface area (Å²) in [6, 6.07) is 14.8. The highest BCUT2D eigenvalue weighted by atomic mass is 19.4. The standard InChI is InChI=1S/C32H34F4N6O2/c1-21-11-12-23(17-38-21)18-39-13-15-40(16-14-39)29-22(2)41(19-25-26(32(34,35)36)9-6-10-27(25)33)31(44)42(30(29)43)20-28(37)24-7-4-3-5-8-24/h3-12,17,28H,13-16,18-20,37H2,1-2H3/t28-/m1/s1. The lowest BCUT2D eigenvalue weighted by Gasteiger charge is -2.37. The van der Waals surface area contributed by atoms with E-state index in [-0.39, 0.29) is 17.9 Å². The van der Waals surface area contributed by atoms with Crippen LogP contribution in [0.2, 0.25) is 0 Å². The molecule has 44 heavy (non-hydrogen) atoms. The highest BCUT2D eigenvalue weighted by molar-refractivity contribution is 5.50. The van der Waals surface area contributed by atoms with Gasteiger partial charge in [-0.05, 0) is 43.2 Å². The average molecular weight is 611 g/mol. The lowest BCUT2D eigenvalue weighted by Crippen LogP contribution is -2.51. The zero-order valence-corrected chi connectivity index (χ0v) is 24.5. The summed E-state index contributed by atoms with van der Waals surface area (Å²) >= 11 is 0. The number of anilines is 1. The fourth-order valence-electron chi connectivity index (χ4n) is 5.62. The molecule has 1 saturated heterocycles. The number of nitrogens with two attached hydrogens (primary N) is 1. The first-order chi connectivity index (χ1) is 20.9. The van der Waals surface area contributed by atoms with Crippen LogP contribution in [0.3, 0.4) is 0 Å². The summed E-state index contributed by atoms with van der Waals surface area (Å²) < 4.78 is 58.5. The smallest absolute Gasteiger partial charge is 0.363 e. The molecule has 232 valence electrons. The zero-order chi connectivity index (χ0) is 31.6. The van der Waals surface area contributed by atoms with Crippen LogP contribution in [-0.2, 0) is 25.8 Å². The van der Waals surface area contributed by atoms with E-state index in [0.29, 0.717) is 38.3 Å². The second-order valence-electron chi connectivity index (χ2n) is 11.1. The van der Waals surface area contributed by atoms with Gasteiger partial charge in [0.2, 0.25) is 0 Å². The van der Waals surface area contributed by atoms with Crippen LogP contribution in [0.1, 0.15) is 39.7 Å². The summed E-state index contributed by atoms with van der Waals surface area (Å²) in [6.07, 6.45) is -3.01. The molecule has 1 aliphatic rings. The number of hydrogen-bond acceptors (Lipinski definition) is 6. The number of nitrogens with zero attached hydrogens (tertiary/aromatic N) is 5. The van der Waals surface area contributed by atoms with Crippen molar-refractivity contribution in [3.63, 3.8) is 0 Å². The van der Waals surface area contributed by atoms with Gasteiger partial charge in [-0.2, -0.15) is 13.2 Å². The molecule has 0 unspecified atom stereocenters. The number of hydrogen-bond donors (Lipinski definition) is 1. The summed E-state index contributed by atoms with van der Waals surface area (Å²) in [7, 11) is 0. The van der Waals surface area contributed by atoms with Crippen LogP contribution in [0.15, 0.2) is 76.4 Å². The third kappa shape index (κ3) is 6.61. The predicted molar refractivity (Wildman–Crippen MR) is 160 cm³/mol. The molecule has 2 N–H and O–H groups in total. The van der Waals surface area contributed by atoms with E-state index in [1.54, 1.807) is 30.3 Å². The average Bonchev–Trinajstić information content (AvgIpc) is 3.00. The monoisotopic (exact) mass is 610 g/mol. The van der Waals surface area contributed by atoms with E-state index in [0.717, 1.165) is 38.6 Å². The number of piperazine rings is 1. The zero-order valence-electron chi connectivity index (χ0n) is 24.5. The van der Waals surface area contributed by atoms with E-state index >= 15 is 0 Å². The Balaban J connectivity index is 1.53. The van der Waals surface area contributed by atoms with Gasteiger partial charge in [-0.25, -0.2) is 9.18 Å². The quantitative estimate of drug-likeness (QED) is 0.300. The van der Waals surface area contributed by atoms with Crippen LogP contribution in [0, 0.1) is 19.7 Å². The molecule has 0 radical (unpaired) electrons. The van der Waals surface area contributed by atoms with Crippen LogP contribution in [0.5, 0.6) is 0 Å². The maximum atomic E-state index is 14.9. The van der Waals surface area contributed by atoms with Crippen LogP contribution in [-0.4, -0.2) is 45.2 Å². The van der Waals surface area contributed by atoms with Crippen molar-refractivity contribution in [2.24, 2.45) is 5.73 Å². The third-order valence-corrected chi connectivity index (χ3v) is 8.07. The molecule has 2 aromatic carbocycles. The van der Waals surface area contributed by atoms with Crippen molar-refractivity contribution in [2.45, 2.75) is 45.7 Å².